The standard InChI is InChI=1S/C16H14F2N2O4/c1-23-14-8-10(2-7-13(14)24-16(17)18)9-19-20-12-5-3-11(4-6-12)15(21)22/h2-9,16,20H,1H3,(H,21,22)/p-1/b19-9-. The number of alkyl halides is 2. The zero-order valence-electron chi connectivity index (χ0n) is 12.5. The molecule has 0 radical (unpaired) electrons. The lowest BCUT2D eigenvalue weighted by molar-refractivity contribution is -0.255. The summed E-state index contributed by atoms with van der Waals surface area (Å²) in [7, 11) is 1.34. The molecule has 2 aromatic rings. The van der Waals surface area contributed by atoms with Gasteiger partial charge in [0.25, 0.3) is 0 Å². The highest BCUT2D eigenvalue weighted by Gasteiger charge is 2.10. The van der Waals surface area contributed by atoms with Crippen molar-refractivity contribution in [1.29, 1.82) is 0 Å². The van der Waals surface area contributed by atoms with Gasteiger partial charge in [0.05, 0.1) is 25.0 Å². The SMILES string of the molecule is COc1cc(/C=N\Nc2ccc(C(=O)[O-])cc2)ccc1OC(F)F. The van der Waals surface area contributed by atoms with Crippen LogP contribution in [-0.4, -0.2) is 25.9 Å². The zero-order valence-corrected chi connectivity index (χ0v) is 12.5. The molecule has 0 aliphatic carbocycles. The van der Waals surface area contributed by atoms with E-state index in [1.54, 1.807) is 0 Å². The summed E-state index contributed by atoms with van der Waals surface area (Å²) in [6.45, 7) is -2.94. The molecule has 6 nitrogen and oxygen atoms in total. The molecule has 0 atom stereocenters. The number of anilines is 1. The fraction of sp³-hybridized carbons (Fsp3) is 0.125. The summed E-state index contributed by atoms with van der Waals surface area (Å²) in [6.07, 6.45) is 1.45. The summed E-state index contributed by atoms with van der Waals surface area (Å²) in [5.41, 5.74) is 3.93. The molecular formula is C16H13F2N2O4-. The van der Waals surface area contributed by atoms with Crippen molar-refractivity contribution in [3.8, 4) is 11.5 Å². The first-order valence-electron chi connectivity index (χ1n) is 6.73. The number of carboxylic acid groups (broad SMARTS) is 1. The Morgan fingerprint density at radius 2 is 1.92 bits per heavy atom. The Kier molecular flexibility index (Phi) is 5.67. The van der Waals surface area contributed by atoms with Crippen LogP contribution in [0, 0.1) is 0 Å². The zero-order chi connectivity index (χ0) is 17.5. The Bertz CT molecular complexity index is 733. The van der Waals surface area contributed by atoms with Crippen LogP contribution in [0.2, 0.25) is 0 Å². The van der Waals surface area contributed by atoms with E-state index in [0.717, 1.165) is 0 Å². The van der Waals surface area contributed by atoms with Gasteiger partial charge in [-0.2, -0.15) is 13.9 Å². The maximum Gasteiger partial charge on any atom is 0.387 e. The number of carbonyl (C=O) groups excluding carboxylic acids is 1. The molecule has 24 heavy (non-hydrogen) atoms. The van der Waals surface area contributed by atoms with Crippen molar-refractivity contribution in [2.45, 2.75) is 6.61 Å². The van der Waals surface area contributed by atoms with E-state index in [1.807, 2.05) is 0 Å². The smallest absolute Gasteiger partial charge is 0.387 e. The molecule has 0 saturated carbocycles. The lowest BCUT2D eigenvalue weighted by Gasteiger charge is -2.10. The second-order valence-electron chi connectivity index (χ2n) is 4.52. The quantitative estimate of drug-likeness (QED) is 0.619. The molecule has 0 bridgehead atoms. The normalized spacial score (nSPS) is 10.8. The number of carboxylic acids is 1. The Balaban J connectivity index is 2.04. The van der Waals surface area contributed by atoms with E-state index in [1.165, 1.54) is 55.8 Å². The maximum absolute atomic E-state index is 12.3. The number of ether oxygens (including phenoxy) is 2. The number of benzene rings is 2. The van der Waals surface area contributed by atoms with E-state index in [4.69, 9.17) is 4.74 Å². The lowest BCUT2D eigenvalue weighted by atomic mass is 10.2. The van der Waals surface area contributed by atoms with Gasteiger partial charge < -0.3 is 19.4 Å². The van der Waals surface area contributed by atoms with Crippen molar-refractivity contribution in [3.05, 3.63) is 53.6 Å². The number of rotatable bonds is 7. The highest BCUT2D eigenvalue weighted by atomic mass is 19.3. The van der Waals surface area contributed by atoms with Gasteiger partial charge in [-0.1, -0.05) is 12.1 Å². The molecule has 0 unspecified atom stereocenters. The predicted molar refractivity (Wildman–Crippen MR) is 81.6 cm³/mol. The van der Waals surface area contributed by atoms with Crippen molar-refractivity contribution in [2.24, 2.45) is 5.10 Å². The van der Waals surface area contributed by atoms with Crippen molar-refractivity contribution in [1.82, 2.24) is 0 Å². The van der Waals surface area contributed by atoms with Crippen molar-refractivity contribution < 1.29 is 28.2 Å². The molecule has 1 N–H and O–H groups in total. The van der Waals surface area contributed by atoms with Crippen molar-refractivity contribution in [2.75, 3.05) is 12.5 Å². The molecule has 0 spiro atoms. The van der Waals surface area contributed by atoms with Crippen LogP contribution in [0.5, 0.6) is 11.5 Å². The van der Waals surface area contributed by atoms with Crippen LogP contribution in [0.4, 0.5) is 14.5 Å². The Morgan fingerprint density at radius 3 is 2.50 bits per heavy atom. The molecular weight excluding hydrogens is 322 g/mol. The Hall–Kier alpha value is -3.16. The van der Waals surface area contributed by atoms with E-state index >= 15 is 0 Å². The number of methoxy groups -OCH3 is 1. The third kappa shape index (κ3) is 4.67. The first kappa shape index (κ1) is 17.2. The van der Waals surface area contributed by atoms with Crippen LogP contribution >= 0.6 is 0 Å². The number of nitrogens with one attached hydrogen (secondary N) is 1. The molecule has 0 aromatic heterocycles. The molecule has 2 rings (SSSR count). The third-order valence-corrected chi connectivity index (χ3v) is 2.93. The molecule has 0 heterocycles. The van der Waals surface area contributed by atoms with Gasteiger partial charge >= 0.3 is 6.61 Å². The van der Waals surface area contributed by atoms with Crippen LogP contribution < -0.4 is 20.0 Å². The van der Waals surface area contributed by atoms with Gasteiger partial charge in [-0.25, -0.2) is 0 Å². The molecule has 126 valence electrons. The Labute approximate surface area is 136 Å². The summed E-state index contributed by atoms with van der Waals surface area (Å²) < 4.78 is 33.8. The number of nitrogens with zero attached hydrogens (tertiary/aromatic N) is 1. The van der Waals surface area contributed by atoms with Gasteiger partial charge in [-0.3, -0.25) is 5.43 Å². The topological polar surface area (TPSA) is 83.0 Å². The molecule has 0 aliphatic rings. The van der Waals surface area contributed by atoms with E-state index in [-0.39, 0.29) is 17.1 Å². The van der Waals surface area contributed by atoms with E-state index in [2.05, 4.69) is 15.3 Å². The van der Waals surface area contributed by atoms with Crippen LogP contribution in [0.15, 0.2) is 47.6 Å². The van der Waals surface area contributed by atoms with Crippen LogP contribution in [0.25, 0.3) is 0 Å². The summed E-state index contributed by atoms with van der Waals surface area (Å²) in [6, 6.07) is 10.2. The number of carbonyl (C=O) groups is 1. The number of hydrogen-bond acceptors (Lipinski definition) is 6. The van der Waals surface area contributed by atoms with Gasteiger partial charge in [-0.15, -0.1) is 0 Å². The fourth-order valence-electron chi connectivity index (χ4n) is 1.82. The lowest BCUT2D eigenvalue weighted by Crippen LogP contribution is -2.21. The second kappa shape index (κ2) is 7.91. The Morgan fingerprint density at radius 1 is 1.21 bits per heavy atom. The summed E-state index contributed by atoms with van der Waals surface area (Å²) in [4.78, 5) is 10.6. The average Bonchev–Trinajstić information content (AvgIpc) is 2.56. The van der Waals surface area contributed by atoms with Gasteiger partial charge in [0.1, 0.15) is 0 Å². The summed E-state index contributed by atoms with van der Waals surface area (Å²) >= 11 is 0. The maximum atomic E-state index is 12.3. The monoisotopic (exact) mass is 335 g/mol. The van der Waals surface area contributed by atoms with E-state index in [9.17, 15) is 18.7 Å². The number of halogens is 2. The van der Waals surface area contributed by atoms with E-state index < -0.39 is 12.6 Å². The number of hydrogen-bond donors (Lipinski definition) is 1. The number of aromatic carboxylic acids is 1. The predicted octanol–water partition coefficient (Wildman–Crippen LogP) is 2.11. The average molecular weight is 335 g/mol. The molecule has 0 fully saturated rings. The first-order chi connectivity index (χ1) is 11.5. The van der Waals surface area contributed by atoms with E-state index in [0.29, 0.717) is 11.3 Å². The first-order valence-corrected chi connectivity index (χ1v) is 6.73. The third-order valence-electron chi connectivity index (χ3n) is 2.93. The minimum Gasteiger partial charge on any atom is -0.545 e. The van der Waals surface area contributed by atoms with Gasteiger partial charge in [0.2, 0.25) is 0 Å². The minimum atomic E-state index is -2.94. The molecule has 2 aromatic carbocycles. The highest BCUT2D eigenvalue weighted by molar-refractivity contribution is 5.86. The van der Waals surface area contributed by atoms with Crippen LogP contribution in [0.1, 0.15) is 15.9 Å². The highest BCUT2D eigenvalue weighted by Crippen LogP contribution is 2.28. The molecule has 0 saturated heterocycles. The minimum absolute atomic E-state index is 0.0592. The van der Waals surface area contributed by atoms with Crippen molar-refractivity contribution >= 4 is 17.9 Å². The number of hydrazone groups is 1. The van der Waals surface area contributed by atoms with Gasteiger partial charge in [-0.05, 0) is 41.5 Å². The van der Waals surface area contributed by atoms with Gasteiger partial charge in [0.15, 0.2) is 11.5 Å². The van der Waals surface area contributed by atoms with Crippen LogP contribution in [-0.2, 0) is 0 Å². The molecule has 8 heteroatoms. The molecule has 0 aliphatic heterocycles. The summed E-state index contributed by atoms with van der Waals surface area (Å²) in [5.74, 6) is -1.18. The largest absolute Gasteiger partial charge is 0.545 e. The molecule has 0 amide bonds. The fourth-order valence-corrected chi connectivity index (χ4v) is 1.82. The summed E-state index contributed by atoms with van der Waals surface area (Å²) in [5, 5.41) is 14.6. The van der Waals surface area contributed by atoms with Crippen molar-refractivity contribution in [3.63, 3.8) is 0 Å². The van der Waals surface area contributed by atoms with Crippen LogP contribution in [0.3, 0.4) is 0 Å². The van der Waals surface area contributed by atoms with Gasteiger partial charge in [0, 0.05) is 0 Å². The second-order valence-corrected chi connectivity index (χ2v) is 4.52.